The van der Waals surface area contributed by atoms with Gasteiger partial charge in [0.25, 0.3) is 0 Å². The second-order valence-corrected chi connectivity index (χ2v) is 9.90. The third-order valence-electron chi connectivity index (χ3n) is 6.28. The lowest BCUT2D eigenvalue weighted by atomic mass is 10.0. The van der Waals surface area contributed by atoms with E-state index in [0.717, 1.165) is 33.9 Å². The molecule has 1 saturated heterocycles. The summed E-state index contributed by atoms with van der Waals surface area (Å²) in [5, 5.41) is 0.580. The molecule has 3 nitrogen and oxygen atoms in total. The van der Waals surface area contributed by atoms with Gasteiger partial charge in [-0.3, -0.25) is 4.98 Å². The van der Waals surface area contributed by atoms with E-state index in [1.54, 1.807) is 24.5 Å². The molecule has 0 amide bonds. The summed E-state index contributed by atoms with van der Waals surface area (Å²) in [4.78, 5) is 12.6. The lowest BCUT2D eigenvalue weighted by Crippen LogP contribution is -1.95. The van der Waals surface area contributed by atoms with Crippen LogP contribution in [0.3, 0.4) is 0 Å². The molecule has 1 fully saturated rings. The van der Waals surface area contributed by atoms with Crippen LogP contribution >= 0.6 is 11.8 Å². The number of thioether (sulfide) groups is 1. The van der Waals surface area contributed by atoms with Crippen LogP contribution in [0.15, 0.2) is 73.1 Å². The summed E-state index contributed by atoms with van der Waals surface area (Å²) < 4.78 is 13.5. The first kappa shape index (κ1) is 21.9. The molecule has 168 valence electrons. The summed E-state index contributed by atoms with van der Waals surface area (Å²) in [5.74, 6) is 1.81. The Kier molecular flexibility index (Phi) is 6.87. The average Bonchev–Trinajstić information content (AvgIpc) is 3.35. The first-order valence-electron chi connectivity index (χ1n) is 11.8. The quantitative estimate of drug-likeness (QED) is 0.337. The molecule has 1 N–H and O–H groups in total. The lowest BCUT2D eigenvalue weighted by molar-refractivity contribution is 0.615. The number of hydrogen-bond acceptors (Lipinski definition) is 3. The van der Waals surface area contributed by atoms with Gasteiger partial charge in [0.1, 0.15) is 11.6 Å². The number of imidazole rings is 1. The fraction of sp³-hybridized carbons (Fsp3) is 0.286. The van der Waals surface area contributed by atoms with Gasteiger partial charge in [-0.25, -0.2) is 9.37 Å². The van der Waals surface area contributed by atoms with Crippen molar-refractivity contribution in [3.05, 3.63) is 84.4 Å². The van der Waals surface area contributed by atoms with Crippen molar-refractivity contribution in [1.29, 1.82) is 0 Å². The minimum Gasteiger partial charge on any atom is -0.337 e. The standard InChI is InChI=1S/C28H28FN3S/c29-24-13-11-21(12-14-24)26-27(22-15-17-30-18-16-22)32-28(31-26)23-9-7-20(8-10-23)25-6-4-2-1-3-5-19-33-25/h7-18,25H,1-6,19H2,(H,31,32). The van der Waals surface area contributed by atoms with E-state index in [9.17, 15) is 4.39 Å². The molecule has 1 atom stereocenters. The van der Waals surface area contributed by atoms with Gasteiger partial charge in [0.05, 0.1) is 11.4 Å². The summed E-state index contributed by atoms with van der Waals surface area (Å²) in [7, 11) is 0. The van der Waals surface area contributed by atoms with E-state index >= 15 is 0 Å². The third kappa shape index (κ3) is 5.19. The Balaban J connectivity index is 1.47. The van der Waals surface area contributed by atoms with Crippen LogP contribution in [0.2, 0.25) is 0 Å². The lowest BCUT2D eigenvalue weighted by Gasteiger charge is -2.16. The molecule has 0 aliphatic carbocycles. The van der Waals surface area contributed by atoms with Gasteiger partial charge in [-0.15, -0.1) is 0 Å². The maximum Gasteiger partial charge on any atom is 0.138 e. The summed E-state index contributed by atoms with van der Waals surface area (Å²) in [5.41, 5.74) is 6.06. The van der Waals surface area contributed by atoms with E-state index in [2.05, 4.69) is 46.0 Å². The number of halogens is 1. The van der Waals surface area contributed by atoms with Crippen LogP contribution in [0.5, 0.6) is 0 Å². The molecule has 1 unspecified atom stereocenters. The number of pyridine rings is 1. The number of aromatic nitrogens is 3. The van der Waals surface area contributed by atoms with Gasteiger partial charge in [-0.1, -0.05) is 49.9 Å². The van der Waals surface area contributed by atoms with Gasteiger partial charge in [0, 0.05) is 34.3 Å². The monoisotopic (exact) mass is 457 g/mol. The zero-order valence-corrected chi connectivity index (χ0v) is 19.5. The minimum atomic E-state index is -0.252. The molecule has 0 bridgehead atoms. The van der Waals surface area contributed by atoms with Crippen molar-refractivity contribution in [2.75, 3.05) is 5.75 Å². The van der Waals surface area contributed by atoms with Crippen molar-refractivity contribution < 1.29 is 4.39 Å². The number of hydrogen-bond donors (Lipinski definition) is 1. The molecule has 1 aliphatic heterocycles. The first-order valence-corrected chi connectivity index (χ1v) is 12.8. The molecule has 0 radical (unpaired) electrons. The molecule has 33 heavy (non-hydrogen) atoms. The average molecular weight is 458 g/mol. The Labute approximate surface area is 198 Å². The van der Waals surface area contributed by atoms with Gasteiger partial charge >= 0.3 is 0 Å². The van der Waals surface area contributed by atoms with Crippen LogP contribution in [0.25, 0.3) is 33.9 Å². The van der Waals surface area contributed by atoms with Crippen LogP contribution in [0, 0.1) is 5.82 Å². The number of aromatic amines is 1. The number of nitrogens with zero attached hydrogens (tertiary/aromatic N) is 2. The highest BCUT2D eigenvalue weighted by Crippen LogP contribution is 2.37. The van der Waals surface area contributed by atoms with Crippen LogP contribution in [-0.2, 0) is 0 Å². The Morgan fingerprint density at radius 2 is 1.45 bits per heavy atom. The second kappa shape index (κ2) is 10.3. The van der Waals surface area contributed by atoms with Crippen LogP contribution in [0.4, 0.5) is 4.39 Å². The van der Waals surface area contributed by atoms with Crippen molar-refractivity contribution in [3.8, 4) is 33.9 Å². The molecular formula is C28H28FN3S. The summed E-state index contributed by atoms with van der Waals surface area (Å²) in [6.07, 6.45) is 11.5. The first-order chi connectivity index (χ1) is 16.3. The Morgan fingerprint density at radius 3 is 2.24 bits per heavy atom. The van der Waals surface area contributed by atoms with Crippen LogP contribution < -0.4 is 0 Å². The third-order valence-corrected chi connectivity index (χ3v) is 7.71. The predicted molar refractivity (Wildman–Crippen MR) is 136 cm³/mol. The fourth-order valence-corrected chi connectivity index (χ4v) is 5.78. The van der Waals surface area contributed by atoms with E-state index in [1.165, 1.54) is 62.0 Å². The molecule has 0 spiro atoms. The maximum absolute atomic E-state index is 13.5. The molecule has 2 aromatic heterocycles. The molecule has 4 aromatic rings. The number of rotatable bonds is 4. The maximum atomic E-state index is 13.5. The highest BCUT2D eigenvalue weighted by atomic mass is 32.2. The number of nitrogens with one attached hydrogen (secondary N) is 1. The topological polar surface area (TPSA) is 41.6 Å². The van der Waals surface area contributed by atoms with Gasteiger partial charge in [0.2, 0.25) is 0 Å². The van der Waals surface area contributed by atoms with Gasteiger partial charge in [0.15, 0.2) is 0 Å². The fourth-order valence-electron chi connectivity index (χ4n) is 4.44. The second-order valence-electron chi connectivity index (χ2n) is 8.59. The molecule has 0 saturated carbocycles. The Hall–Kier alpha value is -2.92. The Bertz CT molecular complexity index is 1160. The van der Waals surface area contributed by atoms with Gasteiger partial charge in [-0.05, 0) is 60.6 Å². The highest BCUT2D eigenvalue weighted by molar-refractivity contribution is 7.99. The molecular weight excluding hydrogens is 429 g/mol. The van der Waals surface area contributed by atoms with Gasteiger partial charge < -0.3 is 4.98 Å². The molecule has 3 heterocycles. The largest absolute Gasteiger partial charge is 0.337 e. The molecule has 5 rings (SSSR count). The van der Waals surface area contributed by atoms with E-state index in [0.29, 0.717) is 5.25 Å². The predicted octanol–water partition coefficient (Wildman–Crippen LogP) is 8.07. The number of H-pyrrole nitrogens is 1. The van der Waals surface area contributed by atoms with E-state index in [4.69, 9.17) is 4.98 Å². The van der Waals surface area contributed by atoms with Crippen molar-refractivity contribution in [2.45, 2.75) is 43.8 Å². The molecule has 1 aliphatic rings. The zero-order chi connectivity index (χ0) is 22.5. The summed E-state index contributed by atoms with van der Waals surface area (Å²) in [6.45, 7) is 0. The molecule has 5 heteroatoms. The van der Waals surface area contributed by atoms with Crippen molar-refractivity contribution >= 4 is 11.8 Å². The van der Waals surface area contributed by atoms with Crippen LogP contribution in [-0.4, -0.2) is 20.7 Å². The zero-order valence-electron chi connectivity index (χ0n) is 18.6. The minimum absolute atomic E-state index is 0.252. The van der Waals surface area contributed by atoms with Crippen LogP contribution in [0.1, 0.15) is 49.3 Å². The Morgan fingerprint density at radius 1 is 0.758 bits per heavy atom. The van der Waals surface area contributed by atoms with E-state index < -0.39 is 0 Å². The smallest absolute Gasteiger partial charge is 0.138 e. The van der Waals surface area contributed by atoms with Crippen molar-refractivity contribution in [1.82, 2.24) is 15.0 Å². The van der Waals surface area contributed by atoms with Gasteiger partial charge in [-0.2, -0.15) is 11.8 Å². The summed E-state index contributed by atoms with van der Waals surface area (Å²) in [6, 6.07) is 19.3. The molecule has 2 aromatic carbocycles. The van der Waals surface area contributed by atoms with Crippen molar-refractivity contribution in [3.63, 3.8) is 0 Å². The van der Waals surface area contributed by atoms with E-state index in [1.807, 2.05) is 12.1 Å². The van der Waals surface area contributed by atoms with E-state index in [-0.39, 0.29) is 5.82 Å². The highest BCUT2D eigenvalue weighted by Gasteiger charge is 2.17. The SMILES string of the molecule is Fc1ccc(-c2nc(-c3ccc(C4CCCCCCCS4)cc3)[nH]c2-c2ccncc2)cc1. The number of benzene rings is 2. The van der Waals surface area contributed by atoms with Crippen molar-refractivity contribution in [2.24, 2.45) is 0 Å². The normalized spacial score (nSPS) is 17.2. The summed E-state index contributed by atoms with van der Waals surface area (Å²) >= 11 is 2.11.